The third kappa shape index (κ3) is 6.11. The number of carboxylic acids is 1. The maximum atomic E-state index is 14.0. The van der Waals surface area contributed by atoms with E-state index in [-0.39, 0.29) is 12.2 Å². The number of hydrogen-bond donors (Lipinski definition) is 2. The molecule has 1 heterocycles. The molecular weight excluding hydrogens is 500 g/mol. The Morgan fingerprint density at radius 1 is 1.12 bits per heavy atom. The van der Waals surface area contributed by atoms with Gasteiger partial charge in [-0.2, -0.15) is 4.72 Å². The largest absolute Gasteiger partial charge is 0.481 e. The van der Waals surface area contributed by atoms with Crippen LogP contribution in [-0.2, 0) is 32.6 Å². The van der Waals surface area contributed by atoms with Crippen molar-refractivity contribution in [2.75, 3.05) is 0 Å². The van der Waals surface area contributed by atoms with Crippen molar-refractivity contribution >= 4 is 45.0 Å². The van der Waals surface area contributed by atoms with Gasteiger partial charge < -0.3 is 5.11 Å². The van der Waals surface area contributed by atoms with E-state index in [4.69, 9.17) is 28.3 Å². The van der Waals surface area contributed by atoms with Crippen LogP contribution < -0.4 is 4.72 Å². The summed E-state index contributed by atoms with van der Waals surface area (Å²) in [6.07, 6.45) is -0.816. The van der Waals surface area contributed by atoms with Crippen LogP contribution in [0.3, 0.4) is 0 Å². The lowest BCUT2D eigenvalue weighted by atomic mass is 10.1. The van der Waals surface area contributed by atoms with Gasteiger partial charge in [0.2, 0.25) is 10.0 Å². The van der Waals surface area contributed by atoms with E-state index in [1.54, 1.807) is 18.2 Å². The summed E-state index contributed by atoms with van der Waals surface area (Å²) in [5, 5.41) is 20.9. The molecule has 0 amide bonds. The highest BCUT2D eigenvalue weighted by molar-refractivity contribution is 7.89. The average Bonchev–Trinajstić information content (AvgIpc) is 3.16. The van der Waals surface area contributed by atoms with Crippen LogP contribution in [0.25, 0.3) is 0 Å². The molecule has 2 aromatic carbocycles. The van der Waals surface area contributed by atoms with Crippen LogP contribution in [-0.4, -0.2) is 51.5 Å². The highest BCUT2D eigenvalue weighted by Gasteiger charge is 2.30. The van der Waals surface area contributed by atoms with Crippen molar-refractivity contribution in [3.05, 3.63) is 69.7 Å². The van der Waals surface area contributed by atoms with Crippen molar-refractivity contribution < 1.29 is 27.5 Å². The van der Waals surface area contributed by atoms with Crippen LogP contribution in [0.1, 0.15) is 17.8 Å². The number of halogens is 3. The van der Waals surface area contributed by atoms with Crippen molar-refractivity contribution in [2.45, 2.75) is 30.3 Å². The summed E-state index contributed by atoms with van der Waals surface area (Å²) < 4.78 is 42.1. The van der Waals surface area contributed by atoms with Gasteiger partial charge in [-0.05, 0) is 40.3 Å². The molecule has 174 valence electrons. The van der Waals surface area contributed by atoms with Gasteiger partial charge in [-0.1, -0.05) is 41.4 Å². The summed E-state index contributed by atoms with van der Waals surface area (Å²) in [7, 11) is -4.53. The number of sulfonamides is 1. The minimum absolute atomic E-state index is 0.0589. The molecule has 0 saturated heterocycles. The Labute approximate surface area is 197 Å². The number of nitrogens with zero attached hydrogens (tertiary/aromatic N) is 4. The number of hydrogen-bond acceptors (Lipinski definition) is 7. The molecule has 0 aliphatic carbocycles. The highest BCUT2D eigenvalue weighted by atomic mass is 35.5. The maximum Gasteiger partial charge on any atom is 0.305 e. The van der Waals surface area contributed by atoms with Crippen LogP contribution in [0, 0.1) is 5.82 Å². The fourth-order valence-electron chi connectivity index (χ4n) is 2.90. The zero-order chi connectivity index (χ0) is 24.2. The molecular formula is C19H16Cl2FN5O5S. The van der Waals surface area contributed by atoms with E-state index in [0.29, 0.717) is 15.6 Å². The van der Waals surface area contributed by atoms with E-state index in [1.165, 1.54) is 12.1 Å². The number of benzene rings is 2. The monoisotopic (exact) mass is 515 g/mol. The van der Waals surface area contributed by atoms with Crippen molar-refractivity contribution in [1.82, 2.24) is 24.9 Å². The molecule has 0 spiro atoms. The Morgan fingerprint density at radius 3 is 2.42 bits per heavy atom. The minimum Gasteiger partial charge on any atom is -0.481 e. The van der Waals surface area contributed by atoms with Gasteiger partial charge in [0.1, 0.15) is 17.3 Å². The van der Waals surface area contributed by atoms with Crippen molar-refractivity contribution in [2.24, 2.45) is 0 Å². The number of rotatable bonds is 10. The lowest BCUT2D eigenvalue weighted by molar-refractivity contribution is -0.139. The Bertz CT molecular complexity index is 1280. The van der Waals surface area contributed by atoms with E-state index in [9.17, 15) is 22.4 Å². The zero-order valence-electron chi connectivity index (χ0n) is 16.7. The number of carboxylic acid groups (broad SMARTS) is 1. The number of nitrogens with one attached hydrogen (secondary N) is 1. The average molecular weight is 516 g/mol. The molecule has 0 fully saturated rings. The van der Waals surface area contributed by atoms with E-state index in [0.717, 1.165) is 16.8 Å². The third-order valence-corrected chi connectivity index (χ3v) is 6.71. The third-order valence-electron chi connectivity index (χ3n) is 4.50. The van der Waals surface area contributed by atoms with Gasteiger partial charge in [-0.3, -0.25) is 9.59 Å². The maximum absolute atomic E-state index is 14.0. The first-order chi connectivity index (χ1) is 15.6. The molecule has 14 heteroatoms. The van der Waals surface area contributed by atoms with Gasteiger partial charge in [0.05, 0.1) is 12.5 Å². The first-order valence-electron chi connectivity index (χ1n) is 9.28. The second kappa shape index (κ2) is 10.3. The summed E-state index contributed by atoms with van der Waals surface area (Å²) in [6, 6.07) is 7.68. The SMILES string of the molecule is O=C(O)CC(NS(=O)(=O)c1ccccc1F)C(=O)Cn1nnnc1Cc1c(Cl)cccc1Cl. The molecule has 0 aliphatic rings. The second-order valence-corrected chi connectivity index (χ2v) is 9.30. The number of Topliss-reactive ketones (excluding diaryl/α,β-unsaturated/α-hetero) is 1. The summed E-state index contributed by atoms with van der Waals surface area (Å²) in [5.74, 6) is -3.16. The normalized spacial score (nSPS) is 12.5. The topological polar surface area (TPSA) is 144 Å². The van der Waals surface area contributed by atoms with E-state index < -0.39 is 51.5 Å². The molecule has 10 nitrogen and oxygen atoms in total. The number of aromatic nitrogens is 4. The number of ketones is 1. The van der Waals surface area contributed by atoms with Gasteiger partial charge in [-0.15, -0.1) is 5.10 Å². The van der Waals surface area contributed by atoms with Crippen LogP contribution in [0.15, 0.2) is 47.4 Å². The Hall–Kier alpha value is -2.93. The Morgan fingerprint density at radius 2 is 1.79 bits per heavy atom. The van der Waals surface area contributed by atoms with Gasteiger partial charge in [0.15, 0.2) is 11.6 Å². The van der Waals surface area contributed by atoms with E-state index in [1.807, 2.05) is 4.72 Å². The molecule has 1 atom stereocenters. The van der Waals surface area contributed by atoms with Crippen LogP contribution in [0.2, 0.25) is 10.0 Å². The molecule has 2 N–H and O–H groups in total. The predicted molar refractivity (Wildman–Crippen MR) is 115 cm³/mol. The number of carbonyl (C=O) groups excluding carboxylic acids is 1. The molecule has 3 aromatic rings. The zero-order valence-corrected chi connectivity index (χ0v) is 19.0. The summed E-state index contributed by atoms with van der Waals surface area (Å²) in [4.78, 5) is 23.4. The molecule has 3 rings (SSSR count). The van der Waals surface area contributed by atoms with E-state index >= 15 is 0 Å². The Balaban J connectivity index is 1.83. The smallest absolute Gasteiger partial charge is 0.305 e. The molecule has 0 aliphatic heterocycles. The van der Waals surface area contributed by atoms with Gasteiger partial charge in [0.25, 0.3) is 0 Å². The first-order valence-corrected chi connectivity index (χ1v) is 11.5. The molecule has 0 radical (unpaired) electrons. The summed E-state index contributed by atoms with van der Waals surface area (Å²) >= 11 is 12.3. The first kappa shape index (κ1) is 24.7. The van der Waals surface area contributed by atoms with Gasteiger partial charge >= 0.3 is 5.97 Å². The summed E-state index contributed by atoms with van der Waals surface area (Å²) in [5.41, 5.74) is 0.506. The lowest BCUT2D eigenvalue weighted by Gasteiger charge is -2.17. The van der Waals surface area contributed by atoms with E-state index in [2.05, 4.69) is 15.5 Å². The lowest BCUT2D eigenvalue weighted by Crippen LogP contribution is -2.44. The predicted octanol–water partition coefficient (Wildman–Crippen LogP) is 2.10. The minimum atomic E-state index is -4.53. The molecule has 0 bridgehead atoms. The Kier molecular flexibility index (Phi) is 7.74. The second-order valence-electron chi connectivity index (χ2n) is 6.80. The van der Waals surface area contributed by atoms with Crippen LogP contribution >= 0.6 is 23.2 Å². The summed E-state index contributed by atoms with van der Waals surface area (Å²) in [6.45, 7) is -0.553. The molecule has 1 unspecified atom stereocenters. The highest BCUT2D eigenvalue weighted by Crippen LogP contribution is 2.26. The molecule has 0 saturated carbocycles. The quantitative estimate of drug-likeness (QED) is 0.417. The van der Waals surface area contributed by atoms with Crippen molar-refractivity contribution in [3.63, 3.8) is 0 Å². The van der Waals surface area contributed by atoms with Gasteiger partial charge in [0, 0.05) is 16.5 Å². The van der Waals surface area contributed by atoms with Crippen molar-refractivity contribution in [3.8, 4) is 0 Å². The van der Waals surface area contributed by atoms with Crippen LogP contribution in [0.5, 0.6) is 0 Å². The van der Waals surface area contributed by atoms with Crippen LogP contribution in [0.4, 0.5) is 4.39 Å². The molecule has 1 aromatic heterocycles. The molecule has 33 heavy (non-hydrogen) atoms. The fraction of sp³-hybridized carbons (Fsp3) is 0.211. The van der Waals surface area contributed by atoms with Crippen molar-refractivity contribution in [1.29, 1.82) is 0 Å². The standard InChI is InChI=1S/C19H16Cl2FN5O5S/c20-12-4-3-5-13(21)11(12)8-18-23-25-26-27(18)10-16(28)15(9-19(29)30)24-33(31,32)17-7-2-1-6-14(17)22/h1-7,15,24H,8-10H2,(H,29,30). The number of carbonyl (C=O) groups is 2. The van der Waals surface area contributed by atoms with Gasteiger partial charge in [-0.25, -0.2) is 17.5 Å². The fourth-order valence-corrected chi connectivity index (χ4v) is 4.73. The number of aliphatic carboxylic acids is 1. The number of tetrazole rings is 1.